The zero-order chi connectivity index (χ0) is 19.3. The van der Waals surface area contributed by atoms with E-state index >= 15 is 0 Å². The van der Waals surface area contributed by atoms with Gasteiger partial charge in [-0.2, -0.15) is 0 Å². The van der Waals surface area contributed by atoms with Gasteiger partial charge in [0.1, 0.15) is 6.61 Å². The van der Waals surface area contributed by atoms with Crippen molar-refractivity contribution in [1.82, 2.24) is 10.3 Å². The van der Waals surface area contributed by atoms with E-state index < -0.39 is 0 Å². The topological polar surface area (TPSA) is 43.4 Å². The molecule has 1 aliphatic rings. The van der Waals surface area contributed by atoms with Crippen LogP contribution in [0.3, 0.4) is 0 Å². The van der Waals surface area contributed by atoms with Crippen LogP contribution in [0.15, 0.2) is 53.4 Å². The maximum Gasteiger partial charge on any atom is 0.218 e. The Balaban J connectivity index is 1.61. The van der Waals surface area contributed by atoms with Crippen molar-refractivity contribution in [3.8, 4) is 5.88 Å². The number of benzene rings is 2. The first kappa shape index (κ1) is 19.5. The molecular formula is C22H23ClN2O2S. The molecular weight excluding hydrogens is 392 g/mol. The van der Waals surface area contributed by atoms with Crippen molar-refractivity contribution in [3.63, 3.8) is 0 Å². The summed E-state index contributed by atoms with van der Waals surface area (Å²) in [6.07, 6.45) is 3.10. The van der Waals surface area contributed by atoms with Gasteiger partial charge >= 0.3 is 0 Å². The summed E-state index contributed by atoms with van der Waals surface area (Å²) in [7, 11) is 0. The summed E-state index contributed by atoms with van der Waals surface area (Å²) in [5, 5.41) is 5.38. The second-order valence-corrected chi connectivity index (χ2v) is 8.12. The average molecular weight is 415 g/mol. The van der Waals surface area contributed by atoms with E-state index in [-0.39, 0.29) is 0 Å². The summed E-state index contributed by atoms with van der Waals surface area (Å²) in [5.74, 6) is 0.650. The number of rotatable bonds is 7. The third-order valence-electron chi connectivity index (χ3n) is 4.90. The molecule has 28 heavy (non-hydrogen) atoms. The second kappa shape index (κ2) is 9.14. The van der Waals surface area contributed by atoms with Crippen LogP contribution in [0.2, 0.25) is 5.02 Å². The van der Waals surface area contributed by atoms with E-state index in [2.05, 4.69) is 35.8 Å². The Morgan fingerprint density at radius 3 is 2.89 bits per heavy atom. The van der Waals surface area contributed by atoms with Crippen molar-refractivity contribution >= 4 is 34.3 Å². The van der Waals surface area contributed by atoms with E-state index in [4.69, 9.17) is 26.1 Å². The van der Waals surface area contributed by atoms with Crippen molar-refractivity contribution in [2.24, 2.45) is 0 Å². The molecule has 0 amide bonds. The third kappa shape index (κ3) is 4.61. The van der Waals surface area contributed by atoms with Crippen molar-refractivity contribution in [1.29, 1.82) is 0 Å². The van der Waals surface area contributed by atoms with Crippen LogP contribution in [0.5, 0.6) is 5.88 Å². The van der Waals surface area contributed by atoms with Gasteiger partial charge in [-0.3, -0.25) is 0 Å². The van der Waals surface area contributed by atoms with Crippen molar-refractivity contribution in [2.75, 3.05) is 19.5 Å². The van der Waals surface area contributed by atoms with E-state index in [0.717, 1.165) is 41.7 Å². The molecule has 1 N–H and O–H groups in total. The molecule has 0 radical (unpaired) electrons. The smallest absolute Gasteiger partial charge is 0.218 e. The second-order valence-electron chi connectivity index (χ2n) is 6.83. The molecule has 1 fully saturated rings. The van der Waals surface area contributed by atoms with Crippen LogP contribution in [-0.2, 0) is 17.9 Å². The molecule has 1 aromatic heterocycles. The summed E-state index contributed by atoms with van der Waals surface area (Å²) in [5.41, 5.74) is 2.93. The van der Waals surface area contributed by atoms with Crippen LogP contribution in [0.4, 0.5) is 0 Å². The molecule has 0 spiro atoms. The highest BCUT2D eigenvalue weighted by atomic mass is 35.5. The van der Waals surface area contributed by atoms with E-state index in [1.165, 1.54) is 4.90 Å². The van der Waals surface area contributed by atoms with Crippen LogP contribution in [0.25, 0.3) is 10.9 Å². The largest absolute Gasteiger partial charge is 0.472 e. The average Bonchev–Trinajstić information content (AvgIpc) is 3.24. The molecule has 1 aliphatic heterocycles. The summed E-state index contributed by atoms with van der Waals surface area (Å²) in [4.78, 5) is 6.01. The van der Waals surface area contributed by atoms with E-state index in [9.17, 15) is 0 Å². The minimum atomic E-state index is 0.381. The fourth-order valence-electron chi connectivity index (χ4n) is 3.26. The quantitative estimate of drug-likeness (QED) is 0.547. The predicted molar refractivity (Wildman–Crippen MR) is 115 cm³/mol. The number of thioether (sulfide) groups is 1. The molecule has 1 saturated heterocycles. The molecule has 4 nitrogen and oxygen atoms in total. The highest BCUT2D eigenvalue weighted by Crippen LogP contribution is 2.27. The predicted octanol–water partition coefficient (Wildman–Crippen LogP) is 5.07. The van der Waals surface area contributed by atoms with Gasteiger partial charge in [-0.15, -0.1) is 11.8 Å². The summed E-state index contributed by atoms with van der Waals surface area (Å²) in [6.45, 7) is 2.66. The Morgan fingerprint density at radius 2 is 2.11 bits per heavy atom. The molecule has 3 aromatic rings. The fraction of sp³-hybridized carbons (Fsp3) is 0.318. The molecule has 4 rings (SSSR count). The summed E-state index contributed by atoms with van der Waals surface area (Å²) < 4.78 is 11.6. The maximum atomic E-state index is 6.28. The Labute approximate surface area is 174 Å². The summed E-state index contributed by atoms with van der Waals surface area (Å²) >= 11 is 7.99. The van der Waals surface area contributed by atoms with Crippen LogP contribution in [0, 0.1) is 0 Å². The van der Waals surface area contributed by atoms with Crippen LogP contribution < -0.4 is 10.1 Å². The number of fused-ring (bicyclic) bond motifs is 1. The standard InChI is InChI=1S/C22H23ClN2O2S/c1-28-19-7-6-15-10-17(12-24-18-8-9-26-14-18)22(25-21(15)11-19)27-13-16-4-2-3-5-20(16)23/h2-7,10-11,18,24H,8-9,12-14H2,1H3/t18-/m0/s1. The molecule has 0 unspecified atom stereocenters. The molecule has 6 heteroatoms. The van der Waals surface area contributed by atoms with Gasteiger partial charge in [0.15, 0.2) is 0 Å². The Morgan fingerprint density at radius 1 is 1.21 bits per heavy atom. The first-order valence-corrected chi connectivity index (χ1v) is 11.0. The third-order valence-corrected chi connectivity index (χ3v) is 5.99. The number of ether oxygens (including phenoxy) is 2. The Hall–Kier alpha value is -1.79. The molecule has 0 aliphatic carbocycles. The number of nitrogens with zero attached hydrogens (tertiary/aromatic N) is 1. The van der Waals surface area contributed by atoms with Gasteiger partial charge in [-0.05, 0) is 36.9 Å². The zero-order valence-electron chi connectivity index (χ0n) is 15.8. The lowest BCUT2D eigenvalue weighted by atomic mass is 10.1. The van der Waals surface area contributed by atoms with Gasteiger partial charge < -0.3 is 14.8 Å². The van der Waals surface area contributed by atoms with Crippen LogP contribution >= 0.6 is 23.4 Å². The Kier molecular flexibility index (Phi) is 6.37. The number of hydrogen-bond acceptors (Lipinski definition) is 5. The molecule has 146 valence electrons. The van der Waals surface area contributed by atoms with E-state index in [1.54, 1.807) is 11.8 Å². The molecule has 0 saturated carbocycles. The van der Waals surface area contributed by atoms with Crippen LogP contribution in [-0.4, -0.2) is 30.5 Å². The number of aromatic nitrogens is 1. The highest BCUT2D eigenvalue weighted by Gasteiger charge is 2.17. The van der Waals surface area contributed by atoms with E-state index in [1.807, 2.05) is 24.3 Å². The lowest BCUT2D eigenvalue weighted by Crippen LogP contribution is -2.28. The lowest BCUT2D eigenvalue weighted by Gasteiger charge is -2.15. The first-order valence-electron chi connectivity index (χ1n) is 9.38. The minimum absolute atomic E-state index is 0.381. The molecule has 0 bridgehead atoms. The van der Waals surface area contributed by atoms with Gasteiger partial charge in [0.2, 0.25) is 5.88 Å². The van der Waals surface area contributed by atoms with Crippen LogP contribution in [0.1, 0.15) is 17.5 Å². The summed E-state index contributed by atoms with van der Waals surface area (Å²) in [6, 6.07) is 16.6. The van der Waals surface area contributed by atoms with Crippen molar-refractivity contribution in [3.05, 3.63) is 64.7 Å². The number of halogens is 1. The lowest BCUT2D eigenvalue weighted by molar-refractivity contribution is 0.189. The van der Waals surface area contributed by atoms with E-state index in [0.29, 0.717) is 30.1 Å². The van der Waals surface area contributed by atoms with Gasteiger partial charge in [0, 0.05) is 45.6 Å². The number of nitrogens with one attached hydrogen (secondary N) is 1. The zero-order valence-corrected chi connectivity index (χ0v) is 17.4. The van der Waals surface area contributed by atoms with Crippen molar-refractivity contribution in [2.45, 2.75) is 30.5 Å². The highest BCUT2D eigenvalue weighted by molar-refractivity contribution is 7.98. The normalized spacial score (nSPS) is 16.6. The molecule has 2 heterocycles. The van der Waals surface area contributed by atoms with Gasteiger partial charge in [0.25, 0.3) is 0 Å². The monoisotopic (exact) mass is 414 g/mol. The molecule has 2 aromatic carbocycles. The SMILES string of the molecule is CSc1ccc2cc(CN[C@H]3CCOC3)c(OCc3ccccc3Cl)nc2c1. The first-order chi connectivity index (χ1) is 13.7. The molecule has 1 atom stereocenters. The van der Waals surface area contributed by atoms with Gasteiger partial charge in [-0.25, -0.2) is 4.98 Å². The van der Waals surface area contributed by atoms with Gasteiger partial charge in [-0.1, -0.05) is 35.9 Å². The van der Waals surface area contributed by atoms with Gasteiger partial charge in [0.05, 0.1) is 12.1 Å². The minimum Gasteiger partial charge on any atom is -0.472 e. The maximum absolute atomic E-state index is 6.28. The number of pyridine rings is 1. The number of hydrogen-bond donors (Lipinski definition) is 1. The van der Waals surface area contributed by atoms with Crippen molar-refractivity contribution < 1.29 is 9.47 Å². The Bertz CT molecular complexity index is 960. The fourth-order valence-corrected chi connectivity index (χ4v) is 3.89.